The highest BCUT2D eigenvalue weighted by atomic mass is 16.5. The summed E-state index contributed by atoms with van der Waals surface area (Å²) in [6.07, 6.45) is 0. The zero-order valence-corrected chi connectivity index (χ0v) is 15.2. The molecule has 3 aromatic rings. The fraction of sp³-hybridized carbons (Fsp3) is 0.143. The second-order valence-corrected chi connectivity index (χ2v) is 5.71. The van der Waals surface area contributed by atoms with Crippen molar-refractivity contribution in [3.63, 3.8) is 0 Å². The Bertz CT molecular complexity index is 1060. The van der Waals surface area contributed by atoms with E-state index in [0.717, 1.165) is 5.56 Å². The Morgan fingerprint density at radius 3 is 2.11 bits per heavy atom. The number of nitrogens with one attached hydrogen (secondary N) is 1. The molecule has 0 saturated heterocycles. The largest absolute Gasteiger partial charge is 0.497 e. The standard InChI is InChI=1S/C21H18N2O4/c1-25-14-6-4-13(5-7-14)16-11-19(23-21(24)18(16)12-22)17-10-15(26-2)8-9-20(17)27-3/h4-11H,1-3H3,(H,23,24). The maximum Gasteiger partial charge on any atom is 0.266 e. The molecule has 0 saturated carbocycles. The normalized spacial score (nSPS) is 10.1. The molecular weight excluding hydrogens is 344 g/mol. The van der Waals surface area contributed by atoms with Crippen LogP contribution in [0, 0.1) is 11.3 Å². The SMILES string of the molecule is COc1ccc(-c2cc(-c3cc(OC)ccc3OC)[nH]c(=O)c2C#N)cc1. The van der Waals surface area contributed by atoms with Gasteiger partial charge in [-0.2, -0.15) is 5.26 Å². The van der Waals surface area contributed by atoms with Crippen LogP contribution in [0.3, 0.4) is 0 Å². The third-order valence-electron chi connectivity index (χ3n) is 4.24. The lowest BCUT2D eigenvalue weighted by atomic mass is 9.98. The van der Waals surface area contributed by atoms with Crippen molar-refractivity contribution in [3.8, 4) is 45.7 Å². The fourth-order valence-electron chi connectivity index (χ4n) is 2.84. The summed E-state index contributed by atoms with van der Waals surface area (Å²) in [5.74, 6) is 1.90. The van der Waals surface area contributed by atoms with Gasteiger partial charge in [-0.05, 0) is 42.0 Å². The summed E-state index contributed by atoms with van der Waals surface area (Å²) in [5.41, 5.74) is 2.04. The molecule has 0 fully saturated rings. The van der Waals surface area contributed by atoms with Gasteiger partial charge in [0, 0.05) is 11.1 Å². The summed E-state index contributed by atoms with van der Waals surface area (Å²) in [4.78, 5) is 15.3. The number of nitriles is 1. The van der Waals surface area contributed by atoms with Gasteiger partial charge in [-0.25, -0.2) is 0 Å². The van der Waals surface area contributed by atoms with Crippen LogP contribution in [0.1, 0.15) is 5.56 Å². The van der Waals surface area contributed by atoms with E-state index in [2.05, 4.69) is 4.98 Å². The van der Waals surface area contributed by atoms with Crippen LogP contribution in [-0.4, -0.2) is 26.3 Å². The number of pyridine rings is 1. The zero-order chi connectivity index (χ0) is 19.4. The van der Waals surface area contributed by atoms with E-state index >= 15 is 0 Å². The highest BCUT2D eigenvalue weighted by Crippen LogP contribution is 2.34. The highest BCUT2D eigenvalue weighted by Gasteiger charge is 2.15. The van der Waals surface area contributed by atoms with Crippen LogP contribution in [-0.2, 0) is 0 Å². The second kappa shape index (κ2) is 7.67. The minimum Gasteiger partial charge on any atom is -0.497 e. The first-order valence-corrected chi connectivity index (χ1v) is 8.15. The van der Waals surface area contributed by atoms with Gasteiger partial charge < -0.3 is 19.2 Å². The minimum absolute atomic E-state index is 0.0470. The minimum atomic E-state index is -0.467. The first kappa shape index (κ1) is 18.1. The van der Waals surface area contributed by atoms with Crippen molar-refractivity contribution in [2.75, 3.05) is 21.3 Å². The smallest absolute Gasteiger partial charge is 0.266 e. The molecule has 0 amide bonds. The average molecular weight is 362 g/mol. The van der Waals surface area contributed by atoms with Gasteiger partial charge in [0.15, 0.2) is 0 Å². The monoisotopic (exact) mass is 362 g/mol. The van der Waals surface area contributed by atoms with E-state index in [-0.39, 0.29) is 5.56 Å². The van der Waals surface area contributed by atoms with Gasteiger partial charge in [-0.3, -0.25) is 4.79 Å². The lowest BCUT2D eigenvalue weighted by Gasteiger charge is -2.13. The average Bonchev–Trinajstić information content (AvgIpc) is 2.72. The molecular formula is C21H18N2O4. The molecule has 0 aliphatic rings. The zero-order valence-electron chi connectivity index (χ0n) is 15.2. The lowest BCUT2D eigenvalue weighted by molar-refractivity contribution is 0.404. The molecule has 136 valence electrons. The van der Waals surface area contributed by atoms with Crippen LogP contribution in [0.5, 0.6) is 17.2 Å². The summed E-state index contributed by atoms with van der Waals surface area (Å²) in [6.45, 7) is 0. The first-order chi connectivity index (χ1) is 13.1. The molecule has 27 heavy (non-hydrogen) atoms. The summed E-state index contributed by atoms with van der Waals surface area (Å²) in [6, 6.07) is 16.2. The van der Waals surface area contributed by atoms with Crippen molar-refractivity contribution in [2.24, 2.45) is 0 Å². The fourth-order valence-corrected chi connectivity index (χ4v) is 2.84. The number of aromatic nitrogens is 1. The molecule has 1 N–H and O–H groups in total. The Balaban J connectivity index is 2.24. The summed E-state index contributed by atoms with van der Waals surface area (Å²) < 4.78 is 15.9. The van der Waals surface area contributed by atoms with E-state index in [4.69, 9.17) is 14.2 Å². The van der Waals surface area contributed by atoms with Gasteiger partial charge in [0.2, 0.25) is 0 Å². The predicted molar refractivity (Wildman–Crippen MR) is 102 cm³/mol. The third-order valence-corrected chi connectivity index (χ3v) is 4.24. The molecule has 2 aromatic carbocycles. The van der Waals surface area contributed by atoms with Crippen molar-refractivity contribution in [2.45, 2.75) is 0 Å². The maximum absolute atomic E-state index is 12.5. The molecule has 0 radical (unpaired) electrons. The van der Waals surface area contributed by atoms with Crippen LogP contribution < -0.4 is 19.8 Å². The number of methoxy groups -OCH3 is 3. The predicted octanol–water partition coefficient (Wildman–Crippen LogP) is 3.61. The van der Waals surface area contributed by atoms with E-state index in [9.17, 15) is 10.1 Å². The highest BCUT2D eigenvalue weighted by molar-refractivity contribution is 5.78. The van der Waals surface area contributed by atoms with E-state index in [1.54, 1.807) is 69.9 Å². The van der Waals surface area contributed by atoms with Crippen LogP contribution in [0.15, 0.2) is 53.3 Å². The number of hydrogen-bond acceptors (Lipinski definition) is 5. The molecule has 0 bridgehead atoms. The van der Waals surface area contributed by atoms with E-state index < -0.39 is 5.56 Å². The summed E-state index contributed by atoms with van der Waals surface area (Å²) in [5, 5.41) is 9.47. The van der Waals surface area contributed by atoms with Crippen LogP contribution in [0.25, 0.3) is 22.4 Å². The van der Waals surface area contributed by atoms with Crippen molar-refractivity contribution in [1.29, 1.82) is 5.26 Å². The molecule has 6 heteroatoms. The topological polar surface area (TPSA) is 84.3 Å². The molecule has 0 unspecified atom stereocenters. The summed E-state index contributed by atoms with van der Waals surface area (Å²) in [7, 11) is 4.70. The van der Waals surface area contributed by atoms with Gasteiger partial charge in [0.1, 0.15) is 28.9 Å². The van der Waals surface area contributed by atoms with Gasteiger partial charge >= 0.3 is 0 Å². The molecule has 0 aliphatic carbocycles. The Hall–Kier alpha value is -3.72. The van der Waals surface area contributed by atoms with Gasteiger partial charge in [-0.1, -0.05) is 12.1 Å². The number of H-pyrrole nitrogens is 1. The molecule has 1 aromatic heterocycles. The number of nitrogens with zero attached hydrogens (tertiary/aromatic N) is 1. The van der Waals surface area contributed by atoms with Crippen molar-refractivity contribution in [3.05, 3.63) is 64.4 Å². The maximum atomic E-state index is 12.5. The molecule has 0 spiro atoms. The van der Waals surface area contributed by atoms with Crippen molar-refractivity contribution in [1.82, 2.24) is 4.98 Å². The van der Waals surface area contributed by atoms with E-state index in [1.807, 2.05) is 6.07 Å². The first-order valence-electron chi connectivity index (χ1n) is 8.15. The van der Waals surface area contributed by atoms with E-state index in [1.165, 1.54) is 0 Å². The van der Waals surface area contributed by atoms with E-state index in [0.29, 0.717) is 34.1 Å². The Morgan fingerprint density at radius 2 is 1.52 bits per heavy atom. The Morgan fingerprint density at radius 1 is 0.852 bits per heavy atom. The molecule has 3 rings (SSSR count). The molecule has 0 atom stereocenters. The van der Waals surface area contributed by atoms with Crippen LogP contribution in [0.4, 0.5) is 0 Å². The number of benzene rings is 2. The van der Waals surface area contributed by atoms with Crippen LogP contribution in [0.2, 0.25) is 0 Å². The second-order valence-electron chi connectivity index (χ2n) is 5.71. The number of ether oxygens (including phenoxy) is 3. The third kappa shape index (κ3) is 3.48. The van der Waals surface area contributed by atoms with Crippen LogP contribution >= 0.6 is 0 Å². The van der Waals surface area contributed by atoms with Crippen molar-refractivity contribution >= 4 is 0 Å². The van der Waals surface area contributed by atoms with Gasteiger partial charge in [-0.15, -0.1) is 0 Å². The quantitative estimate of drug-likeness (QED) is 0.749. The lowest BCUT2D eigenvalue weighted by Crippen LogP contribution is -2.13. The molecule has 0 aliphatic heterocycles. The van der Waals surface area contributed by atoms with Gasteiger partial charge in [0.25, 0.3) is 5.56 Å². The Labute approximate surface area is 156 Å². The number of rotatable bonds is 5. The molecule has 6 nitrogen and oxygen atoms in total. The number of hydrogen-bond donors (Lipinski definition) is 1. The number of aromatic amines is 1. The van der Waals surface area contributed by atoms with Gasteiger partial charge in [0.05, 0.1) is 27.0 Å². The summed E-state index contributed by atoms with van der Waals surface area (Å²) >= 11 is 0. The molecule has 1 heterocycles. The Kier molecular flexibility index (Phi) is 5.13. The van der Waals surface area contributed by atoms with Crippen molar-refractivity contribution < 1.29 is 14.2 Å².